The van der Waals surface area contributed by atoms with Crippen molar-refractivity contribution in [1.29, 1.82) is 0 Å². The summed E-state index contributed by atoms with van der Waals surface area (Å²) in [5.74, 6) is -2.14. The van der Waals surface area contributed by atoms with Gasteiger partial charge in [0, 0.05) is 21.2 Å². The molecule has 0 aliphatic heterocycles. The van der Waals surface area contributed by atoms with Crippen LogP contribution < -0.4 is 20.2 Å². The second-order valence-electron chi connectivity index (χ2n) is 9.62. The first-order valence-electron chi connectivity index (χ1n) is 12.6. The van der Waals surface area contributed by atoms with Crippen LogP contribution in [0.1, 0.15) is 27.7 Å². The summed E-state index contributed by atoms with van der Waals surface area (Å²) in [5, 5.41) is 14.1. The molecule has 0 aliphatic carbocycles. The summed E-state index contributed by atoms with van der Waals surface area (Å²) in [5.41, 5.74) is 6.27. The molecule has 220 valence electrons. The number of rotatable bonds is 14. The van der Waals surface area contributed by atoms with Gasteiger partial charge in [0.2, 0.25) is 11.7 Å². The zero-order valence-corrected chi connectivity index (χ0v) is 24.5. The van der Waals surface area contributed by atoms with Gasteiger partial charge in [0.25, 0.3) is 0 Å². The van der Waals surface area contributed by atoms with Crippen LogP contribution in [0.4, 0.5) is 16.2 Å². The van der Waals surface area contributed by atoms with Gasteiger partial charge in [-0.25, -0.2) is 14.5 Å². The van der Waals surface area contributed by atoms with Crippen molar-refractivity contribution >= 4 is 37.4 Å². The SMILES string of the molecule is COC(CO[P@](N[C@@H](C)C(=O)OC(C)C)Oc1ccccc1)[C@@H](O)[C@@](C)(F)n1cnc2c(N(C)C)nc(N)nc21. The van der Waals surface area contributed by atoms with Gasteiger partial charge >= 0.3 is 14.5 Å². The number of aliphatic hydroxyl groups is 1. The van der Waals surface area contributed by atoms with Gasteiger partial charge in [-0.1, -0.05) is 18.2 Å². The highest BCUT2D eigenvalue weighted by atomic mass is 31.2. The number of imidazole rings is 1. The summed E-state index contributed by atoms with van der Waals surface area (Å²) in [6.07, 6.45) is -1.99. The van der Waals surface area contributed by atoms with Crippen molar-refractivity contribution in [3.05, 3.63) is 36.7 Å². The van der Waals surface area contributed by atoms with E-state index >= 15 is 4.39 Å². The Morgan fingerprint density at radius 3 is 2.52 bits per heavy atom. The summed E-state index contributed by atoms with van der Waals surface area (Å²) >= 11 is 0. The van der Waals surface area contributed by atoms with Crippen molar-refractivity contribution in [1.82, 2.24) is 24.6 Å². The minimum absolute atomic E-state index is 0.0743. The number of esters is 1. The number of alkyl halides is 1. The molecule has 3 aromatic rings. The maximum Gasteiger partial charge on any atom is 0.323 e. The standard InChI is InChI=1S/C25H37FN7O6P/c1-15(2)38-23(35)16(3)31-40(39-17-11-9-8-10-12-17)37-13-18(36-7)20(34)25(4,26)33-14-28-19-21(32(5)6)29-24(27)30-22(19)33/h8-12,14-16,18,20,31,34H,13H2,1-7H3,(H2,27,29,30)/t16-,18?,20+,25-,40-/m0/s1. The number of aromatic nitrogens is 4. The molecule has 2 heterocycles. The Balaban J connectivity index is 1.81. The van der Waals surface area contributed by atoms with Gasteiger partial charge in [-0.3, -0.25) is 9.36 Å². The summed E-state index contributed by atoms with van der Waals surface area (Å²) in [6.45, 7) is 5.98. The Labute approximate surface area is 233 Å². The number of nitrogens with one attached hydrogen (secondary N) is 1. The van der Waals surface area contributed by atoms with Crippen molar-refractivity contribution in [2.45, 2.75) is 57.8 Å². The smallest absolute Gasteiger partial charge is 0.323 e. The number of nitrogens with two attached hydrogens (primary N) is 1. The first-order chi connectivity index (χ1) is 18.8. The van der Waals surface area contributed by atoms with Crippen LogP contribution in [0.5, 0.6) is 5.75 Å². The molecule has 0 saturated carbocycles. The first kappa shape index (κ1) is 31.4. The zero-order chi connectivity index (χ0) is 29.6. The van der Waals surface area contributed by atoms with Crippen LogP contribution in [0, 0.1) is 0 Å². The van der Waals surface area contributed by atoms with Crippen LogP contribution in [0.3, 0.4) is 0 Å². The number of benzene rings is 1. The van der Waals surface area contributed by atoms with Crippen LogP contribution in [-0.4, -0.2) is 82.8 Å². The van der Waals surface area contributed by atoms with E-state index in [4.69, 9.17) is 24.3 Å². The second kappa shape index (κ2) is 13.5. The normalized spacial score (nSPS) is 16.2. The van der Waals surface area contributed by atoms with Gasteiger partial charge in [0.15, 0.2) is 17.0 Å². The minimum atomic E-state index is -2.45. The molecule has 5 atom stereocenters. The van der Waals surface area contributed by atoms with E-state index in [0.29, 0.717) is 17.1 Å². The van der Waals surface area contributed by atoms with Crippen LogP contribution in [-0.2, 0) is 24.6 Å². The lowest BCUT2D eigenvalue weighted by Gasteiger charge is -2.33. The number of hydrogen-bond acceptors (Lipinski definition) is 12. The number of carbonyl (C=O) groups is 1. The molecular formula is C25H37FN7O6P. The lowest BCUT2D eigenvalue weighted by atomic mass is 10.0. The predicted octanol–water partition coefficient (Wildman–Crippen LogP) is 2.74. The van der Waals surface area contributed by atoms with E-state index in [9.17, 15) is 9.90 Å². The number of halogens is 1. The number of aliphatic hydroxyl groups excluding tert-OH is 1. The van der Waals surface area contributed by atoms with E-state index in [1.165, 1.54) is 20.4 Å². The van der Waals surface area contributed by atoms with Gasteiger partial charge in [-0.05, 0) is 39.8 Å². The van der Waals surface area contributed by atoms with Gasteiger partial charge in [0.05, 0.1) is 19.0 Å². The number of para-hydroxylation sites is 1. The Kier molecular flexibility index (Phi) is 10.6. The summed E-state index contributed by atoms with van der Waals surface area (Å²) < 4.78 is 39.9. The van der Waals surface area contributed by atoms with E-state index in [1.807, 2.05) is 6.07 Å². The van der Waals surface area contributed by atoms with Crippen molar-refractivity contribution in [2.24, 2.45) is 0 Å². The molecule has 0 amide bonds. The molecule has 1 unspecified atom stereocenters. The summed E-state index contributed by atoms with van der Waals surface area (Å²) in [4.78, 5) is 26.6. The molecule has 0 spiro atoms. The van der Waals surface area contributed by atoms with E-state index in [-0.39, 0.29) is 24.3 Å². The number of nitrogens with zero attached hydrogens (tertiary/aromatic N) is 5. The molecule has 0 saturated heterocycles. The van der Waals surface area contributed by atoms with E-state index in [1.54, 1.807) is 64.0 Å². The number of anilines is 2. The Bertz CT molecular complexity index is 1260. The number of methoxy groups -OCH3 is 1. The summed E-state index contributed by atoms with van der Waals surface area (Å²) in [7, 11) is 2.86. The second-order valence-corrected chi connectivity index (χ2v) is 10.8. The van der Waals surface area contributed by atoms with Crippen molar-refractivity contribution in [3.63, 3.8) is 0 Å². The van der Waals surface area contributed by atoms with E-state index in [0.717, 1.165) is 4.57 Å². The fourth-order valence-corrected chi connectivity index (χ4v) is 4.85. The third kappa shape index (κ3) is 7.52. The highest BCUT2D eigenvalue weighted by molar-refractivity contribution is 7.45. The Morgan fingerprint density at radius 1 is 1.25 bits per heavy atom. The van der Waals surface area contributed by atoms with Crippen LogP contribution in [0.15, 0.2) is 36.7 Å². The van der Waals surface area contributed by atoms with Crippen molar-refractivity contribution in [2.75, 3.05) is 38.4 Å². The number of hydrogen-bond donors (Lipinski definition) is 3. The quantitative estimate of drug-likeness (QED) is 0.189. The molecule has 0 radical (unpaired) electrons. The maximum atomic E-state index is 16.3. The highest BCUT2D eigenvalue weighted by Gasteiger charge is 2.43. The number of ether oxygens (including phenoxy) is 2. The highest BCUT2D eigenvalue weighted by Crippen LogP contribution is 2.38. The van der Waals surface area contributed by atoms with Gasteiger partial charge < -0.3 is 34.3 Å². The maximum absolute atomic E-state index is 16.3. The molecule has 0 aliphatic rings. The lowest BCUT2D eigenvalue weighted by Crippen LogP contribution is -2.48. The van der Waals surface area contributed by atoms with E-state index < -0.39 is 38.5 Å². The lowest BCUT2D eigenvalue weighted by molar-refractivity contribution is -0.149. The topological polar surface area (TPSA) is 159 Å². The number of carbonyl (C=O) groups excluding carboxylic acids is 1. The zero-order valence-electron chi connectivity index (χ0n) is 23.6. The molecule has 0 fully saturated rings. The molecule has 1 aromatic carbocycles. The van der Waals surface area contributed by atoms with Gasteiger partial charge in [-0.15, -0.1) is 0 Å². The van der Waals surface area contributed by atoms with Gasteiger partial charge in [-0.2, -0.15) is 9.97 Å². The van der Waals surface area contributed by atoms with Crippen molar-refractivity contribution < 1.29 is 32.8 Å². The fraction of sp³-hybridized carbons (Fsp3) is 0.520. The van der Waals surface area contributed by atoms with Crippen LogP contribution in [0.2, 0.25) is 0 Å². The largest absolute Gasteiger partial charge is 0.462 e. The van der Waals surface area contributed by atoms with E-state index in [2.05, 4.69) is 20.0 Å². The summed E-state index contributed by atoms with van der Waals surface area (Å²) in [6, 6.07) is 8.05. The molecule has 0 bridgehead atoms. The first-order valence-corrected chi connectivity index (χ1v) is 13.7. The third-order valence-electron chi connectivity index (χ3n) is 5.78. The Morgan fingerprint density at radius 2 is 1.93 bits per heavy atom. The fourth-order valence-electron chi connectivity index (χ4n) is 3.66. The van der Waals surface area contributed by atoms with Crippen molar-refractivity contribution in [3.8, 4) is 5.75 Å². The predicted molar refractivity (Wildman–Crippen MR) is 149 cm³/mol. The Hall–Kier alpha value is -3.16. The molecule has 40 heavy (non-hydrogen) atoms. The monoisotopic (exact) mass is 581 g/mol. The van der Waals surface area contributed by atoms with Crippen LogP contribution >= 0.6 is 8.53 Å². The number of fused-ring (bicyclic) bond motifs is 1. The molecular weight excluding hydrogens is 544 g/mol. The molecule has 15 heteroatoms. The molecule has 13 nitrogen and oxygen atoms in total. The number of nitrogen functional groups attached to an aromatic ring is 1. The van der Waals surface area contributed by atoms with Gasteiger partial charge in [0.1, 0.15) is 24.0 Å². The molecule has 3 rings (SSSR count). The third-order valence-corrected chi connectivity index (χ3v) is 7.13. The molecule has 4 N–H and O–H groups in total. The minimum Gasteiger partial charge on any atom is -0.462 e. The average Bonchev–Trinajstić information content (AvgIpc) is 3.32. The molecule has 2 aromatic heterocycles. The van der Waals surface area contributed by atoms with Crippen LogP contribution in [0.25, 0.3) is 11.2 Å². The average molecular weight is 582 g/mol.